The summed E-state index contributed by atoms with van der Waals surface area (Å²) in [6.07, 6.45) is 2.20. The highest BCUT2D eigenvalue weighted by molar-refractivity contribution is 7.89. The highest BCUT2D eigenvalue weighted by atomic mass is 35.5. The van der Waals surface area contributed by atoms with Crippen LogP contribution in [0.3, 0.4) is 0 Å². The van der Waals surface area contributed by atoms with Gasteiger partial charge in [-0.1, -0.05) is 23.2 Å². The molecule has 1 unspecified atom stereocenters. The molecule has 1 fully saturated rings. The van der Waals surface area contributed by atoms with Crippen molar-refractivity contribution in [3.8, 4) is 0 Å². The fraction of sp³-hybridized carbons (Fsp3) is 0.545. The average molecular weight is 324 g/mol. The normalized spacial score (nSPS) is 20.9. The van der Waals surface area contributed by atoms with Crippen molar-refractivity contribution in [1.82, 2.24) is 14.6 Å². The molecule has 0 amide bonds. The van der Waals surface area contributed by atoms with E-state index in [0.29, 0.717) is 12.5 Å². The monoisotopic (exact) mass is 323 g/mol. The van der Waals surface area contributed by atoms with Gasteiger partial charge in [-0.25, -0.2) is 18.1 Å². The highest BCUT2D eigenvalue weighted by Gasteiger charge is 2.22. The Balaban J connectivity index is 2.03. The fourth-order valence-corrected chi connectivity index (χ4v) is 3.48. The maximum atomic E-state index is 12.1. The van der Waals surface area contributed by atoms with E-state index in [2.05, 4.69) is 14.6 Å². The van der Waals surface area contributed by atoms with E-state index in [9.17, 15) is 8.42 Å². The topological polar surface area (TPSA) is 62.3 Å². The second-order valence-electron chi connectivity index (χ2n) is 4.71. The standard InChI is InChI=1S/C11H15Cl2N3O2S/c1-16-3-2-8(7-16)5-15-19(17,18)9-4-10(12)11(13)14-6-9/h4,6,8,15H,2-3,5,7H2,1H3. The van der Waals surface area contributed by atoms with Gasteiger partial charge in [0.15, 0.2) is 0 Å². The molecule has 0 aromatic carbocycles. The van der Waals surface area contributed by atoms with Crippen LogP contribution >= 0.6 is 23.2 Å². The molecule has 1 aromatic heterocycles. The summed E-state index contributed by atoms with van der Waals surface area (Å²) in [5.74, 6) is 0.343. The zero-order valence-electron chi connectivity index (χ0n) is 10.4. The lowest BCUT2D eigenvalue weighted by Crippen LogP contribution is -2.30. The molecule has 106 valence electrons. The molecule has 1 N–H and O–H groups in total. The molecule has 1 aliphatic rings. The van der Waals surface area contributed by atoms with Crippen LogP contribution in [0.5, 0.6) is 0 Å². The van der Waals surface area contributed by atoms with Crippen LogP contribution in [0.15, 0.2) is 17.2 Å². The molecule has 0 bridgehead atoms. The van der Waals surface area contributed by atoms with Crippen molar-refractivity contribution in [3.05, 3.63) is 22.4 Å². The van der Waals surface area contributed by atoms with Gasteiger partial charge >= 0.3 is 0 Å². The second-order valence-corrected chi connectivity index (χ2v) is 7.24. The fourth-order valence-electron chi connectivity index (χ4n) is 2.05. The predicted octanol–water partition coefficient (Wildman–Crippen LogP) is 1.62. The first-order valence-electron chi connectivity index (χ1n) is 5.88. The van der Waals surface area contributed by atoms with Crippen molar-refractivity contribution in [2.45, 2.75) is 11.3 Å². The highest BCUT2D eigenvalue weighted by Crippen LogP contribution is 2.22. The lowest BCUT2D eigenvalue weighted by molar-refractivity contribution is 0.394. The van der Waals surface area contributed by atoms with Crippen LogP contribution in [0.25, 0.3) is 0 Å². The third kappa shape index (κ3) is 3.79. The van der Waals surface area contributed by atoms with Gasteiger partial charge in [-0.2, -0.15) is 0 Å². The molecule has 1 atom stereocenters. The summed E-state index contributed by atoms with van der Waals surface area (Å²) in [5, 5.41) is 0.225. The average Bonchev–Trinajstić information content (AvgIpc) is 2.76. The zero-order chi connectivity index (χ0) is 14.0. The van der Waals surface area contributed by atoms with Crippen LogP contribution in [-0.2, 0) is 10.0 Å². The summed E-state index contributed by atoms with van der Waals surface area (Å²) in [4.78, 5) is 5.96. The second kappa shape index (κ2) is 5.93. The Labute approximate surface area is 123 Å². The first-order valence-corrected chi connectivity index (χ1v) is 8.11. The van der Waals surface area contributed by atoms with Crippen molar-refractivity contribution < 1.29 is 8.42 Å². The van der Waals surface area contributed by atoms with E-state index < -0.39 is 10.0 Å². The molecule has 2 rings (SSSR count). The number of nitrogens with zero attached hydrogens (tertiary/aromatic N) is 2. The summed E-state index contributed by atoms with van der Waals surface area (Å²) in [7, 11) is -1.55. The third-order valence-corrected chi connectivity index (χ3v) is 5.21. The van der Waals surface area contributed by atoms with Crippen molar-refractivity contribution >= 4 is 33.2 Å². The number of hydrogen-bond donors (Lipinski definition) is 1. The number of sulfonamides is 1. The minimum atomic E-state index is -3.58. The minimum Gasteiger partial charge on any atom is -0.306 e. The largest absolute Gasteiger partial charge is 0.306 e. The van der Waals surface area contributed by atoms with E-state index in [-0.39, 0.29) is 15.1 Å². The van der Waals surface area contributed by atoms with Gasteiger partial charge in [0, 0.05) is 19.3 Å². The molecule has 1 aromatic rings. The number of hydrogen-bond acceptors (Lipinski definition) is 4. The first-order chi connectivity index (χ1) is 8.88. The molecule has 0 radical (unpaired) electrons. The first kappa shape index (κ1) is 15.0. The van der Waals surface area contributed by atoms with Crippen LogP contribution in [0.1, 0.15) is 6.42 Å². The van der Waals surface area contributed by atoms with E-state index in [1.807, 2.05) is 7.05 Å². The smallest absolute Gasteiger partial charge is 0.242 e. The van der Waals surface area contributed by atoms with Gasteiger partial charge in [-0.3, -0.25) is 0 Å². The quantitative estimate of drug-likeness (QED) is 0.855. The molecule has 19 heavy (non-hydrogen) atoms. The van der Waals surface area contributed by atoms with E-state index in [1.54, 1.807) is 0 Å². The van der Waals surface area contributed by atoms with Crippen LogP contribution in [-0.4, -0.2) is 45.0 Å². The van der Waals surface area contributed by atoms with Gasteiger partial charge in [0.1, 0.15) is 10.0 Å². The Kier molecular flexibility index (Phi) is 4.68. The lowest BCUT2D eigenvalue weighted by Gasteiger charge is -2.12. The Hall–Kier alpha value is -0.400. The lowest BCUT2D eigenvalue weighted by atomic mass is 10.1. The summed E-state index contributed by atoms with van der Waals surface area (Å²) in [6.45, 7) is 2.33. The van der Waals surface area contributed by atoms with Gasteiger partial charge in [-0.05, 0) is 32.0 Å². The summed E-state index contributed by atoms with van der Waals surface area (Å²) >= 11 is 11.4. The van der Waals surface area contributed by atoms with Gasteiger partial charge in [0.2, 0.25) is 10.0 Å². The number of aromatic nitrogens is 1. The Morgan fingerprint density at radius 2 is 2.26 bits per heavy atom. The Bertz CT molecular complexity index is 565. The van der Waals surface area contributed by atoms with E-state index in [0.717, 1.165) is 19.5 Å². The van der Waals surface area contributed by atoms with E-state index in [1.165, 1.54) is 12.3 Å². The van der Waals surface area contributed by atoms with Gasteiger partial charge in [-0.15, -0.1) is 0 Å². The molecule has 0 aliphatic carbocycles. The molecule has 1 aliphatic heterocycles. The van der Waals surface area contributed by atoms with Crippen molar-refractivity contribution in [2.24, 2.45) is 5.92 Å². The minimum absolute atomic E-state index is 0.0354. The summed E-state index contributed by atoms with van der Waals surface area (Å²) in [6, 6.07) is 1.31. The zero-order valence-corrected chi connectivity index (χ0v) is 12.8. The number of halogens is 2. The van der Waals surface area contributed by atoms with Crippen LogP contribution in [0, 0.1) is 5.92 Å². The van der Waals surface area contributed by atoms with Gasteiger partial charge < -0.3 is 4.90 Å². The molecule has 2 heterocycles. The number of pyridine rings is 1. The van der Waals surface area contributed by atoms with E-state index >= 15 is 0 Å². The third-order valence-electron chi connectivity index (χ3n) is 3.13. The maximum absolute atomic E-state index is 12.1. The van der Waals surface area contributed by atoms with Crippen LogP contribution in [0.4, 0.5) is 0 Å². The van der Waals surface area contributed by atoms with Crippen molar-refractivity contribution in [1.29, 1.82) is 0 Å². The van der Waals surface area contributed by atoms with Crippen molar-refractivity contribution in [2.75, 3.05) is 26.7 Å². The number of rotatable bonds is 4. The molecular weight excluding hydrogens is 309 g/mol. The molecule has 5 nitrogen and oxygen atoms in total. The van der Waals surface area contributed by atoms with Crippen LogP contribution < -0.4 is 4.72 Å². The van der Waals surface area contributed by atoms with Gasteiger partial charge in [0.25, 0.3) is 0 Å². The molecule has 0 spiro atoms. The molecular formula is C11H15Cl2N3O2S. The SMILES string of the molecule is CN1CCC(CNS(=O)(=O)c2cnc(Cl)c(Cl)c2)C1. The molecule has 1 saturated heterocycles. The Morgan fingerprint density at radius 1 is 1.53 bits per heavy atom. The predicted molar refractivity (Wildman–Crippen MR) is 75.0 cm³/mol. The molecule has 0 saturated carbocycles. The van der Waals surface area contributed by atoms with Crippen molar-refractivity contribution in [3.63, 3.8) is 0 Å². The molecule has 8 heteroatoms. The summed E-state index contributed by atoms with van der Waals surface area (Å²) < 4.78 is 26.7. The van der Waals surface area contributed by atoms with E-state index in [4.69, 9.17) is 23.2 Å². The van der Waals surface area contributed by atoms with Crippen LogP contribution in [0.2, 0.25) is 10.2 Å². The Morgan fingerprint density at radius 3 is 2.84 bits per heavy atom. The van der Waals surface area contributed by atoms with Gasteiger partial charge in [0.05, 0.1) is 5.02 Å². The number of nitrogens with one attached hydrogen (secondary N) is 1. The summed E-state index contributed by atoms with van der Waals surface area (Å²) in [5.41, 5.74) is 0. The number of likely N-dealkylation sites (tertiary alicyclic amines) is 1. The maximum Gasteiger partial charge on any atom is 0.242 e.